The van der Waals surface area contributed by atoms with Crippen LogP contribution < -0.4 is 11.1 Å². The molecule has 7 aliphatic carbocycles. The van der Waals surface area contributed by atoms with E-state index in [1.54, 1.807) is 6.92 Å². The molecule has 458 valence electrons. The molecule has 0 fully saturated rings. The van der Waals surface area contributed by atoms with Crippen molar-refractivity contribution < 1.29 is 67.8 Å². The number of aliphatic carboxylic acids is 3. The fourth-order valence-electron chi connectivity index (χ4n) is 10.2. The van der Waals surface area contributed by atoms with Gasteiger partial charge in [0.15, 0.2) is 0 Å². The van der Waals surface area contributed by atoms with Crippen LogP contribution in [0.3, 0.4) is 0 Å². The van der Waals surface area contributed by atoms with Gasteiger partial charge in [-0.2, -0.15) is 0 Å². The Labute approximate surface area is 485 Å². The standard InChI is InChI=1S/C10H17NO2.C10H16O2.2C9H15NO2.2C9H14O2.C8H12O2/c1-3-13-10(12)8-5-4-6-9(7-8)11-2;1-3-8-5-4-6-9(7-8)10(11)12-2;1-10(2)8-5-3-4-7(6-8)9(11)12;1-2-12-9(11)7-4-3-5-8(10)6-7;1-7-4-3-5-8(6-7)9(10)11-2;1-2-7-4-3-5-8(6-7)9(10)11;1-6-3-2-4-7(5-6)8(9)10/h7,9,11H,3-6H2,1-2H3;7-8H,3-6H2,1-2H3;6,8H,3-5H2,1-2H3,(H,11,12);6,8H,2-5,10H2,1H3;6-7H,3-5H2,1-2H3;6-7H,2-5H2,1H3,(H,10,11);5-6H,2-4H2,1H3,(H,9,10). The number of allylic oxidation sites excluding steroid dienone is 4. The van der Waals surface area contributed by atoms with Crippen molar-refractivity contribution in [2.24, 2.45) is 29.4 Å². The Bertz CT molecular complexity index is 2200. The van der Waals surface area contributed by atoms with Crippen LogP contribution in [-0.2, 0) is 52.5 Å². The molecule has 7 aliphatic rings. The molecule has 0 amide bonds. The largest absolute Gasteiger partial charge is 0.478 e. The molecule has 17 nitrogen and oxygen atoms in total. The SMILES string of the molecule is CC1C=C(C(=O)O)CCC1.CCC1C=C(C(=O)O)CCC1.CCC1C=C(C(=O)OC)CCC1.CCOC(=O)C1=CC(N)CCC1.CCOC(=O)C1=CC(NC)CCC1.CN(C)C1C=C(C(=O)O)CCC1.COC(=O)C1=CC(C)CCC1. The number of esters is 4. The predicted octanol–water partition coefficient (Wildman–Crippen LogP) is 11.6. The van der Waals surface area contributed by atoms with Gasteiger partial charge < -0.3 is 50.2 Å². The van der Waals surface area contributed by atoms with Gasteiger partial charge in [-0.25, -0.2) is 33.6 Å². The first-order chi connectivity index (χ1) is 38.6. The van der Waals surface area contributed by atoms with Crippen molar-refractivity contribution in [3.05, 3.63) is 81.5 Å². The van der Waals surface area contributed by atoms with Crippen LogP contribution in [0.15, 0.2) is 81.5 Å². The van der Waals surface area contributed by atoms with Crippen LogP contribution in [0.2, 0.25) is 0 Å². The number of carboxylic acids is 3. The molecule has 0 aliphatic heterocycles. The summed E-state index contributed by atoms with van der Waals surface area (Å²) < 4.78 is 19.1. The zero-order valence-corrected chi connectivity index (χ0v) is 51.1. The third kappa shape index (κ3) is 30.8. The molecule has 6 N–H and O–H groups in total. The zero-order valence-electron chi connectivity index (χ0n) is 51.1. The topological polar surface area (TPSA) is 258 Å². The molecule has 7 rings (SSSR count). The maximum absolute atomic E-state index is 11.3. The second-order valence-corrected chi connectivity index (χ2v) is 21.8. The van der Waals surface area contributed by atoms with E-state index in [1.807, 2.05) is 64.5 Å². The number of hydrogen-bond donors (Lipinski definition) is 5. The molecule has 0 saturated heterocycles. The van der Waals surface area contributed by atoms with Gasteiger partial charge in [0.25, 0.3) is 0 Å². The van der Waals surface area contributed by atoms with Crippen molar-refractivity contribution in [2.75, 3.05) is 48.6 Å². The number of methoxy groups -OCH3 is 2. The Balaban J connectivity index is 0.000000473. The average Bonchev–Trinajstić information content (AvgIpc) is 3.47. The van der Waals surface area contributed by atoms with Crippen LogP contribution in [0, 0.1) is 23.7 Å². The highest BCUT2D eigenvalue weighted by molar-refractivity contribution is 5.90. The predicted molar refractivity (Wildman–Crippen MR) is 318 cm³/mol. The van der Waals surface area contributed by atoms with E-state index in [2.05, 4.69) is 53.5 Å². The number of carboxylic acid groups (broad SMARTS) is 3. The summed E-state index contributed by atoms with van der Waals surface area (Å²) in [7, 11) is 8.74. The van der Waals surface area contributed by atoms with Crippen molar-refractivity contribution in [3.63, 3.8) is 0 Å². The molecule has 17 heteroatoms. The Hall–Kier alpha value is -5.65. The number of carbonyl (C=O) groups excluding carboxylic acids is 4. The fourth-order valence-corrected chi connectivity index (χ4v) is 10.2. The Morgan fingerprint density at radius 2 is 0.827 bits per heavy atom. The Morgan fingerprint density at radius 3 is 1.21 bits per heavy atom. The van der Waals surface area contributed by atoms with Crippen LogP contribution in [0.25, 0.3) is 0 Å². The van der Waals surface area contributed by atoms with E-state index in [0.717, 1.165) is 157 Å². The number of rotatable bonds is 13. The number of nitrogens with two attached hydrogens (primary N) is 1. The van der Waals surface area contributed by atoms with Gasteiger partial charge in [0.2, 0.25) is 0 Å². The molecule has 0 heterocycles. The highest BCUT2D eigenvalue weighted by atomic mass is 16.5. The van der Waals surface area contributed by atoms with Gasteiger partial charge in [0.1, 0.15) is 0 Å². The third-order valence-corrected chi connectivity index (χ3v) is 15.1. The monoisotopic (exact) mass is 1140 g/mol. The Kier molecular flexibility index (Phi) is 38.2. The molecular weight excluding hydrogens is 1030 g/mol. The van der Waals surface area contributed by atoms with Gasteiger partial charge in [0.05, 0.1) is 27.4 Å². The van der Waals surface area contributed by atoms with E-state index in [1.165, 1.54) is 27.1 Å². The maximum atomic E-state index is 11.3. The van der Waals surface area contributed by atoms with E-state index in [-0.39, 0.29) is 29.9 Å². The lowest BCUT2D eigenvalue weighted by molar-refractivity contribution is -0.139. The van der Waals surface area contributed by atoms with E-state index < -0.39 is 17.9 Å². The van der Waals surface area contributed by atoms with E-state index in [0.29, 0.717) is 65.7 Å². The summed E-state index contributed by atoms with van der Waals surface area (Å²) in [5, 5.41) is 29.2. The first-order valence-electron chi connectivity index (χ1n) is 29.8. The number of nitrogens with one attached hydrogen (secondary N) is 1. The summed E-state index contributed by atoms with van der Waals surface area (Å²) in [6, 6.07) is 0.691. The first kappa shape index (κ1) is 73.4. The van der Waals surface area contributed by atoms with Gasteiger partial charge in [-0.3, -0.25) is 0 Å². The molecule has 0 spiro atoms. The number of hydrogen-bond acceptors (Lipinski definition) is 14. The van der Waals surface area contributed by atoms with E-state index >= 15 is 0 Å². The molecule has 0 aromatic rings. The lowest BCUT2D eigenvalue weighted by Gasteiger charge is -2.25. The minimum absolute atomic E-state index is 0.0400. The smallest absolute Gasteiger partial charge is 0.333 e. The lowest BCUT2D eigenvalue weighted by Crippen LogP contribution is -2.29. The van der Waals surface area contributed by atoms with E-state index in [9.17, 15) is 33.6 Å². The minimum Gasteiger partial charge on any atom is -0.478 e. The summed E-state index contributed by atoms with van der Waals surface area (Å²) >= 11 is 0. The normalized spacial score (nSPS) is 23.8. The van der Waals surface area contributed by atoms with Crippen LogP contribution >= 0.6 is 0 Å². The van der Waals surface area contributed by atoms with Crippen LogP contribution in [0.5, 0.6) is 0 Å². The van der Waals surface area contributed by atoms with Crippen molar-refractivity contribution >= 4 is 41.8 Å². The van der Waals surface area contributed by atoms with Gasteiger partial charge >= 0.3 is 41.8 Å². The third-order valence-electron chi connectivity index (χ3n) is 15.1. The van der Waals surface area contributed by atoms with Gasteiger partial charge in [-0.15, -0.1) is 0 Å². The van der Waals surface area contributed by atoms with Crippen molar-refractivity contribution in [2.45, 2.75) is 207 Å². The summed E-state index contributed by atoms with van der Waals surface area (Å²) in [4.78, 5) is 78.4. The second kappa shape index (κ2) is 42.2. The number of carbonyl (C=O) groups is 7. The van der Waals surface area contributed by atoms with Gasteiger partial charge in [-0.1, -0.05) is 70.2 Å². The summed E-state index contributed by atoms with van der Waals surface area (Å²) in [6.45, 7) is 13.0. The molecule has 0 aromatic carbocycles. The summed E-state index contributed by atoms with van der Waals surface area (Å²) in [6.07, 6.45) is 36.7. The number of nitrogens with zero attached hydrogens (tertiary/aromatic N) is 1. The first-order valence-corrected chi connectivity index (χ1v) is 29.8. The highest BCUT2D eigenvalue weighted by Crippen LogP contribution is 2.28. The lowest BCUT2D eigenvalue weighted by atomic mass is 9.89. The molecule has 7 atom stereocenters. The highest BCUT2D eigenvalue weighted by Gasteiger charge is 2.22. The summed E-state index contributed by atoms with van der Waals surface area (Å²) in [5.74, 6) is -0.795. The molecule has 7 unspecified atom stereocenters. The zero-order chi connectivity index (χ0) is 60.9. The molecule has 0 bridgehead atoms. The molecule has 0 aromatic heterocycles. The van der Waals surface area contributed by atoms with Crippen LogP contribution in [0.1, 0.15) is 189 Å². The van der Waals surface area contributed by atoms with Crippen LogP contribution in [0.4, 0.5) is 0 Å². The van der Waals surface area contributed by atoms with E-state index in [4.69, 9.17) is 30.5 Å². The molecule has 0 radical (unpaired) electrons. The summed E-state index contributed by atoms with van der Waals surface area (Å²) in [5.41, 5.74) is 10.8. The molecule has 81 heavy (non-hydrogen) atoms. The minimum atomic E-state index is -0.762. The fraction of sp³-hybridized carbons (Fsp3) is 0.672. The number of ether oxygens (including phenoxy) is 4. The van der Waals surface area contributed by atoms with Crippen molar-refractivity contribution in [1.82, 2.24) is 10.2 Å². The van der Waals surface area contributed by atoms with Crippen LogP contribution in [-0.4, -0.2) is 129 Å². The van der Waals surface area contributed by atoms with Crippen molar-refractivity contribution in [1.29, 1.82) is 0 Å². The van der Waals surface area contributed by atoms with Gasteiger partial charge in [-0.05, 0) is 206 Å². The average molecular weight is 1140 g/mol. The Morgan fingerprint density at radius 1 is 0.481 bits per heavy atom. The van der Waals surface area contributed by atoms with Gasteiger partial charge in [0, 0.05) is 57.1 Å². The molecule has 0 saturated carbocycles. The second-order valence-electron chi connectivity index (χ2n) is 21.8. The quantitative estimate of drug-likeness (QED) is 0.0848. The van der Waals surface area contributed by atoms with Crippen molar-refractivity contribution in [3.8, 4) is 0 Å². The maximum Gasteiger partial charge on any atom is 0.333 e. The molecular formula is C64H103N3O14. The number of likely N-dealkylation sites (N-methyl/N-ethyl adjacent to an activating group) is 2.